The van der Waals surface area contributed by atoms with Gasteiger partial charge in [-0.3, -0.25) is 24.1 Å². The summed E-state index contributed by atoms with van der Waals surface area (Å²) in [6, 6.07) is 25.0. The number of anilines is 1. The highest BCUT2D eigenvalue weighted by atomic mass is 17.2. The lowest BCUT2D eigenvalue weighted by atomic mass is 10.0. The Morgan fingerprint density at radius 1 is 0.759 bits per heavy atom. The number of amides is 4. The van der Waals surface area contributed by atoms with Gasteiger partial charge in [-0.2, -0.15) is 0 Å². The van der Waals surface area contributed by atoms with Gasteiger partial charge in [-0.1, -0.05) is 36.4 Å². The maximum Gasteiger partial charge on any atom is 0.265 e. The van der Waals surface area contributed by atoms with Crippen LogP contribution >= 0.6 is 0 Å². The Balaban J connectivity index is 0.937. The Morgan fingerprint density at radius 2 is 1.52 bits per heavy atom. The molecule has 282 valence electrons. The third-order valence-corrected chi connectivity index (χ3v) is 9.09. The van der Waals surface area contributed by atoms with Gasteiger partial charge < -0.3 is 29.6 Å². The monoisotopic (exact) mass is 737 g/mol. The number of rotatable bonds is 16. The van der Waals surface area contributed by atoms with Gasteiger partial charge in [-0.25, -0.2) is 9.78 Å². The molecule has 13 nitrogen and oxygen atoms in total. The maximum atomic E-state index is 13.3. The van der Waals surface area contributed by atoms with E-state index in [0.29, 0.717) is 42.4 Å². The predicted molar refractivity (Wildman–Crippen MR) is 198 cm³/mol. The second-order valence-electron chi connectivity index (χ2n) is 12.9. The lowest BCUT2D eigenvalue weighted by molar-refractivity contribution is -0.291. The van der Waals surface area contributed by atoms with Crippen LogP contribution in [0.15, 0.2) is 84.9 Å². The van der Waals surface area contributed by atoms with E-state index < -0.39 is 30.4 Å². The molecular formula is C41H43N3O10. The van der Waals surface area contributed by atoms with Crippen molar-refractivity contribution in [2.75, 3.05) is 46.0 Å². The van der Waals surface area contributed by atoms with Gasteiger partial charge in [0, 0.05) is 12.2 Å². The van der Waals surface area contributed by atoms with Crippen LogP contribution in [0.2, 0.25) is 0 Å². The topological polar surface area (TPSA) is 151 Å². The van der Waals surface area contributed by atoms with E-state index >= 15 is 0 Å². The highest BCUT2D eigenvalue weighted by Crippen LogP contribution is 2.34. The van der Waals surface area contributed by atoms with Gasteiger partial charge in [-0.15, -0.1) is 0 Å². The molecule has 0 saturated carbocycles. The second kappa shape index (κ2) is 18.2. The molecule has 0 spiro atoms. The summed E-state index contributed by atoms with van der Waals surface area (Å²) in [6.45, 7) is 0.146. The molecule has 0 aliphatic carbocycles. The van der Waals surface area contributed by atoms with Gasteiger partial charge in [0.1, 0.15) is 18.1 Å². The average Bonchev–Trinajstić information content (AvgIpc) is 3.32. The standard InChI is InChI=1S/C41H43N3O10/c1-49-34-18-17-28(22-36(34)50-2)9-3-8-27-10-5-14-32(21-27)51-25-37(45)42-23-29-11-4-12-30(20-29)43-38(46)26-52-35-16-6-15-33-39(35)41(48)44(40(33)47)31-13-7-19-53-54-24-31/h4-6,10-12,14-18,20-22,31H,3,7-9,13,19,23-26H2,1-2H3,(H,42,45)(H,43,46). The summed E-state index contributed by atoms with van der Waals surface area (Å²) in [5.41, 5.74) is 3.87. The molecular weight excluding hydrogens is 694 g/mol. The van der Waals surface area contributed by atoms with Crippen LogP contribution in [0, 0.1) is 0 Å². The van der Waals surface area contributed by atoms with Crippen LogP contribution in [-0.4, -0.2) is 75.2 Å². The summed E-state index contributed by atoms with van der Waals surface area (Å²) in [4.78, 5) is 63.3. The van der Waals surface area contributed by atoms with Crippen molar-refractivity contribution in [1.29, 1.82) is 0 Å². The van der Waals surface area contributed by atoms with Crippen molar-refractivity contribution in [2.45, 2.75) is 44.7 Å². The molecule has 4 aromatic carbocycles. The van der Waals surface area contributed by atoms with E-state index in [4.69, 9.17) is 28.7 Å². The highest BCUT2D eigenvalue weighted by molar-refractivity contribution is 6.22. The van der Waals surface area contributed by atoms with Gasteiger partial charge in [0.15, 0.2) is 24.7 Å². The van der Waals surface area contributed by atoms with E-state index in [1.54, 1.807) is 50.6 Å². The van der Waals surface area contributed by atoms with E-state index in [1.165, 1.54) is 4.90 Å². The summed E-state index contributed by atoms with van der Waals surface area (Å²) in [5, 5.41) is 5.62. The third-order valence-electron chi connectivity index (χ3n) is 9.09. The number of benzene rings is 4. The molecule has 2 heterocycles. The van der Waals surface area contributed by atoms with Crippen molar-refractivity contribution in [3.8, 4) is 23.0 Å². The number of methoxy groups -OCH3 is 2. The van der Waals surface area contributed by atoms with Crippen molar-refractivity contribution in [1.82, 2.24) is 10.2 Å². The van der Waals surface area contributed by atoms with Gasteiger partial charge in [0.2, 0.25) is 0 Å². The first-order chi connectivity index (χ1) is 26.3. The first-order valence-corrected chi connectivity index (χ1v) is 17.8. The van der Waals surface area contributed by atoms with Crippen molar-refractivity contribution < 1.29 is 47.9 Å². The molecule has 2 aliphatic heterocycles. The maximum absolute atomic E-state index is 13.3. The molecule has 1 saturated heterocycles. The van der Waals surface area contributed by atoms with Crippen molar-refractivity contribution in [2.24, 2.45) is 0 Å². The van der Waals surface area contributed by atoms with Crippen molar-refractivity contribution >= 4 is 29.3 Å². The molecule has 0 aromatic heterocycles. The molecule has 0 bridgehead atoms. The van der Waals surface area contributed by atoms with Gasteiger partial charge in [-0.05, 0) is 97.3 Å². The summed E-state index contributed by atoms with van der Waals surface area (Å²) in [5.74, 6) is 0.487. The van der Waals surface area contributed by atoms with Crippen LogP contribution in [0.1, 0.15) is 56.7 Å². The van der Waals surface area contributed by atoms with Crippen LogP contribution in [-0.2, 0) is 38.8 Å². The molecule has 4 amide bonds. The fraction of sp³-hybridized carbons (Fsp3) is 0.317. The van der Waals surface area contributed by atoms with Crippen molar-refractivity contribution in [3.63, 3.8) is 0 Å². The molecule has 1 unspecified atom stereocenters. The number of ether oxygens (including phenoxy) is 4. The second-order valence-corrected chi connectivity index (χ2v) is 12.9. The Morgan fingerprint density at radius 3 is 2.35 bits per heavy atom. The number of nitrogens with one attached hydrogen (secondary N) is 2. The lowest BCUT2D eigenvalue weighted by Crippen LogP contribution is -2.42. The van der Waals surface area contributed by atoms with Crippen LogP contribution in [0.3, 0.4) is 0 Å². The number of carbonyl (C=O) groups is 4. The molecule has 1 fully saturated rings. The molecule has 2 N–H and O–H groups in total. The fourth-order valence-corrected chi connectivity index (χ4v) is 6.40. The zero-order valence-corrected chi connectivity index (χ0v) is 30.3. The van der Waals surface area contributed by atoms with Gasteiger partial charge in [0.05, 0.1) is 38.0 Å². The minimum atomic E-state index is -0.492. The molecule has 0 radical (unpaired) electrons. The number of hydrogen-bond acceptors (Lipinski definition) is 10. The Kier molecular flexibility index (Phi) is 12.8. The zero-order chi connectivity index (χ0) is 37.9. The molecule has 1 atom stereocenters. The minimum absolute atomic E-state index is 0.0833. The van der Waals surface area contributed by atoms with Gasteiger partial charge in [0.25, 0.3) is 23.6 Å². The van der Waals surface area contributed by atoms with E-state index in [0.717, 1.165) is 36.0 Å². The zero-order valence-electron chi connectivity index (χ0n) is 30.3. The summed E-state index contributed by atoms with van der Waals surface area (Å²) in [7, 11) is 3.24. The van der Waals surface area contributed by atoms with E-state index in [9.17, 15) is 19.2 Å². The van der Waals surface area contributed by atoms with Crippen LogP contribution in [0.25, 0.3) is 0 Å². The average molecular weight is 738 g/mol. The summed E-state index contributed by atoms with van der Waals surface area (Å²) < 4.78 is 22.2. The Labute approximate surface area is 313 Å². The van der Waals surface area contributed by atoms with Crippen LogP contribution < -0.4 is 29.6 Å². The molecule has 54 heavy (non-hydrogen) atoms. The smallest absolute Gasteiger partial charge is 0.265 e. The number of imide groups is 1. The molecule has 6 rings (SSSR count). The number of fused-ring (bicyclic) bond motifs is 1. The van der Waals surface area contributed by atoms with E-state index in [-0.39, 0.29) is 42.5 Å². The SMILES string of the molecule is COc1ccc(CCCc2cccc(OCC(=O)NCc3cccc(NC(=O)COc4cccc5c4C(=O)N(C4CCCOOC4)C5=O)c3)c2)cc1OC. The normalized spacial score (nSPS) is 15.2. The van der Waals surface area contributed by atoms with Crippen LogP contribution in [0.4, 0.5) is 5.69 Å². The third kappa shape index (κ3) is 9.54. The summed E-state index contributed by atoms with van der Waals surface area (Å²) in [6.07, 6.45) is 3.85. The summed E-state index contributed by atoms with van der Waals surface area (Å²) >= 11 is 0. The minimum Gasteiger partial charge on any atom is -0.493 e. The van der Waals surface area contributed by atoms with Crippen molar-refractivity contribution in [3.05, 3.63) is 113 Å². The van der Waals surface area contributed by atoms with E-state index in [1.807, 2.05) is 48.5 Å². The predicted octanol–water partition coefficient (Wildman–Crippen LogP) is 5.30. The van der Waals surface area contributed by atoms with Crippen LogP contribution in [0.5, 0.6) is 23.0 Å². The fourth-order valence-electron chi connectivity index (χ4n) is 6.40. The quantitative estimate of drug-likeness (QED) is 0.115. The Hall–Kier alpha value is -5.92. The lowest BCUT2D eigenvalue weighted by Gasteiger charge is -2.23. The first-order valence-electron chi connectivity index (χ1n) is 17.8. The number of hydrogen-bond donors (Lipinski definition) is 2. The molecule has 4 aromatic rings. The largest absolute Gasteiger partial charge is 0.493 e. The highest BCUT2D eigenvalue weighted by Gasteiger charge is 2.42. The Bertz CT molecular complexity index is 1970. The van der Waals surface area contributed by atoms with E-state index in [2.05, 4.69) is 10.6 Å². The molecule has 2 aliphatic rings. The number of nitrogens with zero attached hydrogens (tertiary/aromatic N) is 1. The molecule has 13 heteroatoms. The van der Waals surface area contributed by atoms with Gasteiger partial charge >= 0.3 is 0 Å². The number of aryl methyl sites for hydroxylation is 2. The number of carbonyl (C=O) groups excluding carboxylic acids is 4. The first kappa shape index (κ1) is 37.8.